The van der Waals surface area contributed by atoms with Gasteiger partial charge in [0.05, 0.1) is 4.90 Å². The number of likely N-dealkylation sites (tertiary alicyclic amines) is 1. The zero-order valence-electron chi connectivity index (χ0n) is 14.0. The third-order valence-electron chi connectivity index (χ3n) is 5.25. The van der Waals surface area contributed by atoms with Gasteiger partial charge in [0.15, 0.2) is 0 Å². The van der Waals surface area contributed by atoms with Gasteiger partial charge in [0, 0.05) is 32.7 Å². The van der Waals surface area contributed by atoms with Gasteiger partial charge in [0.2, 0.25) is 10.0 Å². The van der Waals surface area contributed by atoms with E-state index in [1.165, 1.54) is 5.56 Å². The third-order valence-corrected chi connectivity index (χ3v) is 7.10. The first-order chi connectivity index (χ1) is 12.0. The van der Waals surface area contributed by atoms with Gasteiger partial charge in [-0.25, -0.2) is 8.42 Å². The van der Waals surface area contributed by atoms with Crippen molar-refractivity contribution in [3.63, 3.8) is 0 Å². The van der Waals surface area contributed by atoms with Crippen LogP contribution in [0.15, 0.2) is 59.5 Å². The van der Waals surface area contributed by atoms with E-state index in [9.17, 15) is 13.5 Å². The maximum absolute atomic E-state index is 12.8. The number of benzene rings is 2. The van der Waals surface area contributed by atoms with Crippen molar-refractivity contribution in [1.82, 2.24) is 9.21 Å². The molecule has 0 saturated carbocycles. The molecule has 2 aliphatic heterocycles. The molecule has 2 aliphatic rings. The standard InChI is InChI=1S/C19H22N2O3S/c22-18-8-6-15(7-9-18)10-20-11-16-13-21(14-17(16)12-20)25(23,24)19-4-2-1-3-5-19/h1-9,16-17,22H,10-14H2/t16-,17+. The van der Waals surface area contributed by atoms with Gasteiger partial charge in [0.25, 0.3) is 0 Å². The number of aromatic hydroxyl groups is 1. The predicted octanol–water partition coefficient (Wildman–Crippen LogP) is 2.14. The van der Waals surface area contributed by atoms with Crippen LogP contribution in [0, 0.1) is 11.8 Å². The highest BCUT2D eigenvalue weighted by atomic mass is 32.2. The van der Waals surface area contributed by atoms with E-state index in [0.717, 1.165) is 19.6 Å². The molecule has 0 unspecified atom stereocenters. The second-order valence-electron chi connectivity index (χ2n) is 7.02. The van der Waals surface area contributed by atoms with Gasteiger partial charge in [-0.2, -0.15) is 4.31 Å². The molecule has 1 N–H and O–H groups in total. The largest absolute Gasteiger partial charge is 0.508 e. The first kappa shape index (κ1) is 16.6. The van der Waals surface area contributed by atoms with E-state index in [4.69, 9.17) is 0 Å². The van der Waals surface area contributed by atoms with E-state index in [0.29, 0.717) is 29.8 Å². The summed E-state index contributed by atoms with van der Waals surface area (Å²) in [5, 5.41) is 9.37. The number of phenolic OH excluding ortho intramolecular Hbond substituents is 1. The lowest BCUT2D eigenvalue weighted by molar-refractivity contribution is 0.289. The maximum Gasteiger partial charge on any atom is 0.243 e. The molecular weight excluding hydrogens is 336 g/mol. The smallest absolute Gasteiger partial charge is 0.243 e. The van der Waals surface area contributed by atoms with Crippen molar-refractivity contribution in [1.29, 1.82) is 0 Å². The summed E-state index contributed by atoms with van der Waals surface area (Å²) in [5.41, 5.74) is 1.17. The number of sulfonamides is 1. The maximum atomic E-state index is 12.8. The summed E-state index contributed by atoms with van der Waals surface area (Å²) in [7, 11) is -3.37. The summed E-state index contributed by atoms with van der Waals surface area (Å²) < 4.78 is 27.2. The minimum absolute atomic E-state index is 0.281. The lowest BCUT2D eigenvalue weighted by Crippen LogP contribution is -2.33. The fourth-order valence-corrected chi connectivity index (χ4v) is 5.55. The summed E-state index contributed by atoms with van der Waals surface area (Å²) in [6.07, 6.45) is 0. The average molecular weight is 358 g/mol. The highest BCUT2D eigenvalue weighted by molar-refractivity contribution is 7.89. The highest BCUT2D eigenvalue weighted by Crippen LogP contribution is 2.34. The van der Waals surface area contributed by atoms with Gasteiger partial charge < -0.3 is 5.11 Å². The van der Waals surface area contributed by atoms with Crippen LogP contribution in [0.4, 0.5) is 0 Å². The van der Waals surface area contributed by atoms with Crippen LogP contribution in [0.2, 0.25) is 0 Å². The van der Waals surface area contributed by atoms with Crippen molar-refractivity contribution in [2.75, 3.05) is 26.2 Å². The van der Waals surface area contributed by atoms with Crippen molar-refractivity contribution in [3.8, 4) is 5.75 Å². The van der Waals surface area contributed by atoms with Crippen LogP contribution in [0.25, 0.3) is 0 Å². The van der Waals surface area contributed by atoms with Crippen LogP contribution in [-0.4, -0.2) is 48.9 Å². The summed E-state index contributed by atoms with van der Waals surface area (Å²) in [4.78, 5) is 2.77. The van der Waals surface area contributed by atoms with Crippen molar-refractivity contribution >= 4 is 10.0 Å². The molecule has 2 heterocycles. The third kappa shape index (κ3) is 3.29. The molecule has 4 rings (SSSR count). The monoisotopic (exact) mass is 358 g/mol. The molecule has 0 bridgehead atoms. The van der Waals surface area contributed by atoms with Crippen LogP contribution in [0.1, 0.15) is 5.56 Å². The Hall–Kier alpha value is -1.89. The Kier molecular flexibility index (Phi) is 4.27. The fraction of sp³-hybridized carbons (Fsp3) is 0.368. The lowest BCUT2D eigenvalue weighted by Gasteiger charge is -2.21. The number of hydrogen-bond acceptors (Lipinski definition) is 4. The normalized spacial score (nSPS) is 24.5. The van der Waals surface area contributed by atoms with Gasteiger partial charge in [-0.15, -0.1) is 0 Å². The Labute approximate surface area is 148 Å². The molecule has 2 aromatic rings. The predicted molar refractivity (Wildman–Crippen MR) is 95.6 cm³/mol. The first-order valence-corrected chi connectivity index (χ1v) is 10.0. The van der Waals surface area contributed by atoms with Gasteiger partial charge in [0.1, 0.15) is 5.75 Å². The summed E-state index contributed by atoms with van der Waals surface area (Å²) in [6.45, 7) is 3.90. The lowest BCUT2D eigenvalue weighted by atomic mass is 10.0. The molecule has 0 aliphatic carbocycles. The van der Waals surface area contributed by atoms with Gasteiger partial charge >= 0.3 is 0 Å². The molecule has 0 aromatic heterocycles. The molecular formula is C19H22N2O3S. The minimum atomic E-state index is -3.37. The fourth-order valence-electron chi connectivity index (χ4n) is 3.97. The molecule has 2 atom stereocenters. The first-order valence-electron chi connectivity index (χ1n) is 8.58. The molecule has 2 aromatic carbocycles. The number of rotatable bonds is 4. The van der Waals surface area contributed by atoms with Crippen molar-refractivity contribution in [2.24, 2.45) is 11.8 Å². The van der Waals surface area contributed by atoms with E-state index in [1.807, 2.05) is 18.2 Å². The summed E-state index contributed by atoms with van der Waals surface area (Å²) >= 11 is 0. The van der Waals surface area contributed by atoms with Gasteiger partial charge in [-0.05, 0) is 41.7 Å². The summed E-state index contributed by atoms with van der Waals surface area (Å²) in [5.74, 6) is 1.08. The van der Waals surface area contributed by atoms with Crippen LogP contribution in [0.3, 0.4) is 0 Å². The summed E-state index contributed by atoms with van der Waals surface area (Å²) in [6, 6.07) is 16.0. The molecule has 132 valence electrons. The molecule has 5 nitrogen and oxygen atoms in total. The Morgan fingerprint density at radius 1 is 0.880 bits per heavy atom. The van der Waals surface area contributed by atoms with Crippen LogP contribution < -0.4 is 0 Å². The van der Waals surface area contributed by atoms with Gasteiger partial charge in [-0.1, -0.05) is 30.3 Å². The topological polar surface area (TPSA) is 60.9 Å². The second kappa shape index (κ2) is 6.44. The molecule has 25 heavy (non-hydrogen) atoms. The van der Waals surface area contributed by atoms with Crippen LogP contribution >= 0.6 is 0 Å². The number of fused-ring (bicyclic) bond motifs is 1. The molecule has 6 heteroatoms. The van der Waals surface area contributed by atoms with E-state index in [-0.39, 0.29) is 5.75 Å². The molecule has 0 spiro atoms. The van der Waals surface area contributed by atoms with E-state index < -0.39 is 10.0 Å². The van der Waals surface area contributed by atoms with Gasteiger partial charge in [-0.3, -0.25) is 4.90 Å². The van der Waals surface area contributed by atoms with E-state index in [1.54, 1.807) is 40.7 Å². The van der Waals surface area contributed by atoms with E-state index in [2.05, 4.69) is 4.90 Å². The molecule has 2 saturated heterocycles. The Balaban J connectivity index is 1.40. The zero-order valence-corrected chi connectivity index (χ0v) is 14.8. The molecule has 0 amide bonds. The SMILES string of the molecule is O=S(=O)(c1ccccc1)N1C[C@H]2CN(Cc3ccc(O)cc3)C[C@H]2C1. The second-order valence-corrected chi connectivity index (χ2v) is 8.95. The van der Waals surface area contributed by atoms with Crippen molar-refractivity contribution < 1.29 is 13.5 Å². The number of phenols is 1. The van der Waals surface area contributed by atoms with Crippen molar-refractivity contribution in [2.45, 2.75) is 11.4 Å². The van der Waals surface area contributed by atoms with Crippen LogP contribution in [0.5, 0.6) is 5.75 Å². The number of nitrogens with zero attached hydrogens (tertiary/aromatic N) is 2. The van der Waals surface area contributed by atoms with Crippen LogP contribution in [-0.2, 0) is 16.6 Å². The van der Waals surface area contributed by atoms with Crippen molar-refractivity contribution in [3.05, 3.63) is 60.2 Å². The quantitative estimate of drug-likeness (QED) is 0.910. The highest BCUT2D eigenvalue weighted by Gasteiger charge is 2.44. The average Bonchev–Trinajstić information content (AvgIpc) is 3.17. The van der Waals surface area contributed by atoms with E-state index >= 15 is 0 Å². The number of hydrogen-bond donors (Lipinski definition) is 1. The Morgan fingerprint density at radius 3 is 2.08 bits per heavy atom. The Morgan fingerprint density at radius 2 is 1.48 bits per heavy atom. The Bertz CT molecular complexity index is 823. The minimum Gasteiger partial charge on any atom is -0.508 e. The zero-order chi connectivity index (χ0) is 17.4. The molecule has 0 radical (unpaired) electrons. The molecule has 2 fully saturated rings.